The second kappa shape index (κ2) is 4.64. The van der Waals surface area contributed by atoms with Gasteiger partial charge in [0.1, 0.15) is 11.2 Å². The minimum absolute atomic E-state index is 0.161. The summed E-state index contributed by atoms with van der Waals surface area (Å²) in [6, 6.07) is 5.89. The number of thiophene rings is 1. The first-order chi connectivity index (χ1) is 11.0. The Labute approximate surface area is 136 Å². The molecule has 1 aliphatic heterocycles. The fourth-order valence-corrected chi connectivity index (χ4v) is 4.76. The zero-order valence-electron chi connectivity index (χ0n) is 12.6. The van der Waals surface area contributed by atoms with Crippen molar-refractivity contribution in [1.82, 2.24) is 0 Å². The van der Waals surface area contributed by atoms with Crippen LogP contribution < -0.4 is 4.90 Å². The van der Waals surface area contributed by atoms with Gasteiger partial charge >= 0.3 is 5.97 Å². The summed E-state index contributed by atoms with van der Waals surface area (Å²) in [5, 5.41) is 3.78. The number of ether oxygens (including phenoxy) is 1. The molecule has 4 rings (SSSR count). The van der Waals surface area contributed by atoms with Crippen LogP contribution in [0.5, 0.6) is 0 Å². The average molecular weight is 331 g/mol. The van der Waals surface area contributed by atoms with Crippen LogP contribution in [-0.2, 0) is 19.7 Å². The number of methoxy groups -OCH3 is 1. The van der Waals surface area contributed by atoms with E-state index < -0.39 is 5.41 Å². The van der Waals surface area contributed by atoms with Gasteiger partial charge in [0, 0.05) is 18.5 Å². The Morgan fingerprint density at radius 2 is 2.13 bits per heavy atom. The molecular formula is C17H14FNO3S. The first kappa shape index (κ1) is 14.4. The van der Waals surface area contributed by atoms with E-state index in [4.69, 9.17) is 4.74 Å². The highest BCUT2D eigenvalue weighted by atomic mass is 32.1. The van der Waals surface area contributed by atoms with Crippen molar-refractivity contribution in [2.45, 2.75) is 24.3 Å². The topological polar surface area (TPSA) is 46.6 Å². The summed E-state index contributed by atoms with van der Waals surface area (Å²) in [6.45, 7) is 1.46. The Bertz CT molecular complexity index is 819. The summed E-state index contributed by atoms with van der Waals surface area (Å²) in [4.78, 5) is 26.4. The van der Waals surface area contributed by atoms with Crippen molar-refractivity contribution < 1.29 is 18.7 Å². The Morgan fingerprint density at radius 3 is 2.74 bits per heavy atom. The van der Waals surface area contributed by atoms with Crippen LogP contribution in [0, 0.1) is 5.82 Å². The van der Waals surface area contributed by atoms with Crippen molar-refractivity contribution in [2.75, 3.05) is 12.0 Å². The number of fused-ring (bicyclic) bond motifs is 3. The molecule has 2 aliphatic rings. The second-order valence-corrected chi connectivity index (χ2v) is 6.67. The van der Waals surface area contributed by atoms with Gasteiger partial charge in [-0.25, -0.2) is 4.39 Å². The van der Waals surface area contributed by atoms with E-state index in [-0.39, 0.29) is 29.7 Å². The molecule has 0 spiro atoms. The third-order valence-electron chi connectivity index (χ3n) is 4.89. The highest BCUT2D eigenvalue weighted by molar-refractivity contribution is 7.08. The van der Waals surface area contributed by atoms with E-state index >= 15 is 0 Å². The highest BCUT2D eigenvalue weighted by Gasteiger charge is 2.78. The summed E-state index contributed by atoms with van der Waals surface area (Å²) >= 11 is 1.48. The zero-order chi connectivity index (χ0) is 16.4. The van der Waals surface area contributed by atoms with Crippen LogP contribution in [0.4, 0.5) is 10.1 Å². The summed E-state index contributed by atoms with van der Waals surface area (Å²) in [5.41, 5.74) is 1.28. The number of anilines is 1. The van der Waals surface area contributed by atoms with Crippen LogP contribution in [0.25, 0.3) is 0 Å². The van der Waals surface area contributed by atoms with Gasteiger partial charge in [0.25, 0.3) is 0 Å². The molecule has 1 fully saturated rings. The Balaban J connectivity index is 1.94. The van der Waals surface area contributed by atoms with Crippen molar-refractivity contribution in [1.29, 1.82) is 0 Å². The summed E-state index contributed by atoms with van der Waals surface area (Å²) in [5.74, 6) is -1.18. The molecule has 4 nitrogen and oxygen atoms in total. The van der Waals surface area contributed by atoms with Gasteiger partial charge in [-0.2, -0.15) is 11.3 Å². The molecule has 0 bridgehead atoms. The van der Waals surface area contributed by atoms with Crippen LogP contribution in [-0.4, -0.2) is 25.0 Å². The van der Waals surface area contributed by atoms with E-state index in [1.807, 2.05) is 16.8 Å². The standard InChI is InChI=1S/C17H14FNO3S/c1-9(20)19-13-4-3-11(18)7-12(13)14-15(19)17(14,16(21)22-2)10-5-6-23-8-10/h3-8,14-15H,1-2H3. The monoisotopic (exact) mass is 331 g/mol. The fourth-order valence-electron chi connectivity index (χ4n) is 4.03. The van der Waals surface area contributed by atoms with Gasteiger partial charge < -0.3 is 9.64 Å². The molecule has 3 unspecified atom stereocenters. The minimum atomic E-state index is -0.929. The van der Waals surface area contributed by atoms with Crippen molar-refractivity contribution in [3.8, 4) is 0 Å². The molecule has 1 saturated carbocycles. The molecule has 3 atom stereocenters. The van der Waals surface area contributed by atoms with Crippen molar-refractivity contribution >= 4 is 28.9 Å². The molecule has 2 heterocycles. The number of hydrogen-bond acceptors (Lipinski definition) is 4. The number of carbonyl (C=O) groups is 2. The molecule has 1 aliphatic carbocycles. The Hall–Kier alpha value is -2.21. The van der Waals surface area contributed by atoms with Crippen molar-refractivity contribution in [3.05, 3.63) is 52.0 Å². The lowest BCUT2D eigenvalue weighted by Gasteiger charge is -2.26. The van der Waals surface area contributed by atoms with Crippen molar-refractivity contribution in [2.24, 2.45) is 0 Å². The normalized spacial score (nSPS) is 27.3. The average Bonchev–Trinajstić information content (AvgIpc) is 2.90. The number of rotatable bonds is 2. The predicted octanol–water partition coefficient (Wildman–Crippen LogP) is 2.83. The first-order valence-corrected chi connectivity index (χ1v) is 8.18. The third kappa shape index (κ3) is 1.64. The molecule has 2 aromatic rings. The van der Waals surface area contributed by atoms with Crippen LogP contribution in [0.1, 0.15) is 24.0 Å². The quantitative estimate of drug-likeness (QED) is 0.795. The second-order valence-electron chi connectivity index (χ2n) is 5.89. The molecule has 6 heteroatoms. The lowest BCUT2D eigenvalue weighted by atomic mass is 9.90. The van der Waals surface area contributed by atoms with E-state index in [0.717, 1.165) is 5.56 Å². The molecule has 23 heavy (non-hydrogen) atoms. The van der Waals surface area contributed by atoms with E-state index in [1.54, 1.807) is 11.0 Å². The first-order valence-electron chi connectivity index (χ1n) is 7.23. The van der Waals surface area contributed by atoms with E-state index in [0.29, 0.717) is 11.3 Å². The number of esters is 1. The van der Waals surface area contributed by atoms with Gasteiger partial charge in [0.15, 0.2) is 0 Å². The molecule has 0 saturated heterocycles. The maximum absolute atomic E-state index is 13.7. The van der Waals surface area contributed by atoms with E-state index in [1.165, 1.54) is 37.5 Å². The summed E-state index contributed by atoms with van der Waals surface area (Å²) in [6.07, 6.45) is 0. The number of carbonyl (C=O) groups excluding carboxylic acids is 2. The van der Waals surface area contributed by atoms with E-state index in [2.05, 4.69) is 0 Å². The molecule has 118 valence electrons. The summed E-state index contributed by atoms with van der Waals surface area (Å²) < 4.78 is 18.8. The maximum Gasteiger partial charge on any atom is 0.319 e. The largest absolute Gasteiger partial charge is 0.468 e. The highest BCUT2D eigenvalue weighted by Crippen LogP contribution is 2.69. The molecule has 1 amide bonds. The van der Waals surface area contributed by atoms with Gasteiger partial charge in [-0.05, 0) is 46.2 Å². The Morgan fingerprint density at radius 1 is 1.35 bits per heavy atom. The van der Waals surface area contributed by atoms with Gasteiger partial charge in [-0.15, -0.1) is 0 Å². The third-order valence-corrected chi connectivity index (χ3v) is 5.57. The van der Waals surface area contributed by atoms with Crippen LogP contribution in [0.3, 0.4) is 0 Å². The van der Waals surface area contributed by atoms with Gasteiger partial charge in [-0.1, -0.05) is 0 Å². The Kier molecular flexibility index (Phi) is 2.90. The number of halogens is 1. The molecular weight excluding hydrogens is 317 g/mol. The predicted molar refractivity (Wildman–Crippen MR) is 84.1 cm³/mol. The fraction of sp³-hybridized carbons (Fsp3) is 0.294. The lowest BCUT2D eigenvalue weighted by molar-refractivity contribution is -0.144. The van der Waals surface area contributed by atoms with Gasteiger partial charge in [0.2, 0.25) is 5.91 Å². The van der Waals surface area contributed by atoms with Gasteiger partial charge in [0.05, 0.1) is 13.2 Å². The molecule has 1 aromatic heterocycles. The van der Waals surface area contributed by atoms with Crippen LogP contribution >= 0.6 is 11.3 Å². The molecule has 1 aromatic carbocycles. The molecule has 0 radical (unpaired) electrons. The summed E-state index contributed by atoms with van der Waals surface area (Å²) in [7, 11) is 1.34. The van der Waals surface area contributed by atoms with Gasteiger partial charge in [-0.3, -0.25) is 9.59 Å². The van der Waals surface area contributed by atoms with Crippen molar-refractivity contribution in [3.63, 3.8) is 0 Å². The number of amides is 1. The SMILES string of the molecule is COC(=O)C1(c2ccsc2)C2c3cc(F)ccc3N(C(C)=O)C21. The van der Waals surface area contributed by atoms with Crippen LogP contribution in [0.15, 0.2) is 35.0 Å². The number of benzene rings is 1. The van der Waals surface area contributed by atoms with E-state index in [9.17, 15) is 14.0 Å². The maximum atomic E-state index is 13.7. The lowest BCUT2D eigenvalue weighted by Crippen LogP contribution is -2.39. The number of nitrogens with zero attached hydrogens (tertiary/aromatic N) is 1. The van der Waals surface area contributed by atoms with Crippen LogP contribution in [0.2, 0.25) is 0 Å². The zero-order valence-corrected chi connectivity index (χ0v) is 13.4. The minimum Gasteiger partial charge on any atom is -0.468 e. The smallest absolute Gasteiger partial charge is 0.319 e. The number of hydrogen-bond donors (Lipinski definition) is 0. The molecule has 0 N–H and O–H groups in total.